The molecule has 0 saturated carbocycles. The molecule has 2 rings (SSSR count). The number of amides is 1. The molecule has 5 nitrogen and oxygen atoms in total. The molecule has 2 saturated heterocycles. The molecule has 0 aromatic heterocycles. The lowest BCUT2D eigenvalue weighted by atomic mass is 10.0. The minimum atomic E-state index is -0.715. The first-order valence-corrected chi connectivity index (χ1v) is 6.83. The first-order valence-electron chi connectivity index (χ1n) is 6.83. The largest absolute Gasteiger partial charge is 0.480 e. The van der Waals surface area contributed by atoms with Crippen molar-refractivity contribution in [3.63, 3.8) is 0 Å². The van der Waals surface area contributed by atoms with Crippen LogP contribution in [-0.4, -0.2) is 58.5 Å². The van der Waals surface area contributed by atoms with Crippen LogP contribution in [0.1, 0.15) is 32.6 Å². The summed E-state index contributed by atoms with van der Waals surface area (Å²) in [7, 11) is 0. The lowest BCUT2D eigenvalue weighted by molar-refractivity contribution is -0.143. The van der Waals surface area contributed by atoms with Crippen molar-refractivity contribution < 1.29 is 14.7 Å². The van der Waals surface area contributed by atoms with E-state index in [1.807, 2.05) is 0 Å². The Morgan fingerprint density at radius 3 is 2.42 bits per heavy atom. The molecule has 1 atom stereocenters. The van der Waals surface area contributed by atoms with E-state index in [1.165, 1.54) is 0 Å². The van der Waals surface area contributed by atoms with Gasteiger partial charge in [-0.05, 0) is 45.1 Å². The quantitative estimate of drug-likeness (QED) is 0.740. The first kappa shape index (κ1) is 13.9. The van der Waals surface area contributed by atoms with Crippen LogP contribution < -0.4 is 0 Å². The second-order valence-corrected chi connectivity index (χ2v) is 5.13. The summed E-state index contributed by atoms with van der Waals surface area (Å²) in [4.78, 5) is 26.7. The van der Waals surface area contributed by atoms with Crippen molar-refractivity contribution in [2.75, 3.05) is 19.6 Å². The molecule has 0 bridgehead atoms. The van der Waals surface area contributed by atoms with Crippen molar-refractivity contribution in [3.05, 3.63) is 0 Å². The molecule has 19 heavy (non-hydrogen) atoms. The molecule has 5 heteroatoms. The predicted octanol–water partition coefficient (Wildman–Crippen LogP) is 0.550. The number of hydrogen-bond acceptors (Lipinski definition) is 3. The highest BCUT2D eigenvalue weighted by Crippen LogP contribution is 2.26. The molecule has 1 unspecified atom stereocenters. The second kappa shape index (κ2) is 6.07. The Labute approximate surface area is 113 Å². The summed E-state index contributed by atoms with van der Waals surface area (Å²) in [6.45, 7) is 3.89. The zero-order valence-electron chi connectivity index (χ0n) is 11.3. The van der Waals surface area contributed by atoms with Crippen LogP contribution in [-0.2, 0) is 9.59 Å². The highest BCUT2D eigenvalue weighted by atomic mass is 16.4. The van der Waals surface area contributed by atoms with Crippen LogP contribution in [0.25, 0.3) is 0 Å². The molecule has 2 heterocycles. The van der Waals surface area contributed by atoms with E-state index in [2.05, 4.69) is 16.7 Å². The maximum atomic E-state index is 11.6. The Morgan fingerprint density at radius 2 is 1.84 bits per heavy atom. The van der Waals surface area contributed by atoms with E-state index in [0.29, 0.717) is 19.1 Å². The molecular formula is C14H20N2O3. The number of aliphatic carboxylic acids is 1. The van der Waals surface area contributed by atoms with Crippen molar-refractivity contribution in [1.29, 1.82) is 0 Å². The number of carbonyl (C=O) groups excluding carboxylic acids is 1. The van der Waals surface area contributed by atoms with Crippen molar-refractivity contribution in [1.82, 2.24) is 9.80 Å². The normalized spacial score (nSPS) is 24.9. The fraction of sp³-hybridized carbons (Fsp3) is 0.714. The van der Waals surface area contributed by atoms with Gasteiger partial charge in [0.25, 0.3) is 5.91 Å². The molecule has 0 aromatic carbocycles. The predicted molar refractivity (Wildman–Crippen MR) is 70.4 cm³/mol. The zero-order valence-corrected chi connectivity index (χ0v) is 11.3. The fourth-order valence-electron chi connectivity index (χ4n) is 3.08. The summed E-state index contributed by atoms with van der Waals surface area (Å²) in [5.41, 5.74) is 0. The molecule has 0 spiro atoms. The summed E-state index contributed by atoms with van der Waals surface area (Å²) in [5.74, 6) is 4.35. The van der Waals surface area contributed by atoms with Gasteiger partial charge in [-0.15, -0.1) is 0 Å². The van der Waals surface area contributed by atoms with Gasteiger partial charge in [0.15, 0.2) is 0 Å². The Hall–Kier alpha value is -1.54. The van der Waals surface area contributed by atoms with E-state index < -0.39 is 5.97 Å². The summed E-state index contributed by atoms with van der Waals surface area (Å²) in [6, 6.07) is -0.0371. The summed E-state index contributed by atoms with van der Waals surface area (Å²) in [6.07, 6.45) is 3.40. The number of nitrogens with zero attached hydrogens (tertiary/aromatic N) is 2. The molecule has 0 radical (unpaired) electrons. The van der Waals surface area contributed by atoms with Crippen LogP contribution in [0.3, 0.4) is 0 Å². The maximum Gasteiger partial charge on any atom is 0.320 e. The topological polar surface area (TPSA) is 60.9 Å². The minimum absolute atomic E-state index is 0.114. The van der Waals surface area contributed by atoms with E-state index in [-0.39, 0.29) is 11.9 Å². The number of likely N-dealkylation sites (tertiary alicyclic amines) is 2. The van der Waals surface area contributed by atoms with Gasteiger partial charge in [0, 0.05) is 19.1 Å². The smallest absolute Gasteiger partial charge is 0.320 e. The number of rotatable bonds is 2. The van der Waals surface area contributed by atoms with Crippen LogP contribution in [0.2, 0.25) is 0 Å². The van der Waals surface area contributed by atoms with Crippen molar-refractivity contribution in [2.24, 2.45) is 0 Å². The van der Waals surface area contributed by atoms with E-state index in [4.69, 9.17) is 0 Å². The third-order valence-electron chi connectivity index (χ3n) is 4.03. The lowest BCUT2D eigenvalue weighted by Gasteiger charge is -2.37. The summed E-state index contributed by atoms with van der Waals surface area (Å²) < 4.78 is 0. The third-order valence-corrected chi connectivity index (χ3v) is 4.03. The van der Waals surface area contributed by atoms with Gasteiger partial charge in [0.05, 0.1) is 0 Å². The molecule has 2 fully saturated rings. The van der Waals surface area contributed by atoms with Crippen LogP contribution in [0.15, 0.2) is 0 Å². The van der Waals surface area contributed by atoms with E-state index in [0.717, 1.165) is 32.2 Å². The molecule has 2 aliphatic rings. The van der Waals surface area contributed by atoms with Crippen LogP contribution in [0, 0.1) is 11.8 Å². The van der Waals surface area contributed by atoms with E-state index in [1.54, 1.807) is 11.8 Å². The summed E-state index contributed by atoms with van der Waals surface area (Å²) >= 11 is 0. The first-order chi connectivity index (χ1) is 9.13. The van der Waals surface area contributed by atoms with Gasteiger partial charge in [-0.25, -0.2) is 0 Å². The molecule has 2 aliphatic heterocycles. The van der Waals surface area contributed by atoms with Crippen molar-refractivity contribution in [2.45, 2.75) is 44.7 Å². The molecule has 1 N–H and O–H groups in total. The molecule has 1 amide bonds. The van der Waals surface area contributed by atoms with E-state index in [9.17, 15) is 14.7 Å². The van der Waals surface area contributed by atoms with Crippen molar-refractivity contribution >= 4 is 11.9 Å². The van der Waals surface area contributed by atoms with Gasteiger partial charge in [0.2, 0.25) is 0 Å². The Balaban J connectivity index is 1.90. The highest BCUT2D eigenvalue weighted by Gasteiger charge is 2.36. The zero-order chi connectivity index (χ0) is 13.8. The average Bonchev–Trinajstić information content (AvgIpc) is 2.88. The Bertz CT molecular complexity index is 416. The van der Waals surface area contributed by atoms with Gasteiger partial charge in [0.1, 0.15) is 6.04 Å². The van der Waals surface area contributed by atoms with Gasteiger partial charge < -0.3 is 10.0 Å². The SMILES string of the molecule is CC#CC(=O)N1CCC(N2CCCC2C(=O)O)CC1. The fourth-order valence-corrected chi connectivity index (χ4v) is 3.08. The van der Waals surface area contributed by atoms with Crippen LogP contribution in [0.5, 0.6) is 0 Å². The molecular weight excluding hydrogens is 244 g/mol. The van der Waals surface area contributed by atoms with Crippen molar-refractivity contribution in [3.8, 4) is 11.8 Å². The number of hydrogen-bond donors (Lipinski definition) is 1. The van der Waals surface area contributed by atoms with Crippen LogP contribution in [0.4, 0.5) is 0 Å². The maximum absolute atomic E-state index is 11.6. The minimum Gasteiger partial charge on any atom is -0.480 e. The van der Waals surface area contributed by atoms with Crippen LogP contribution >= 0.6 is 0 Å². The average molecular weight is 264 g/mol. The Kier molecular flexibility index (Phi) is 4.43. The number of piperidine rings is 1. The third kappa shape index (κ3) is 3.07. The number of carboxylic acids is 1. The van der Waals surface area contributed by atoms with Gasteiger partial charge in [-0.2, -0.15) is 0 Å². The monoisotopic (exact) mass is 264 g/mol. The molecule has 0 aromatic rings. The molecule has 0 aliphatic carbocycles. The highest BCUT2D eigenvalue weighted by molar-refractivity contribution is 5.93. The number of carboxylic acid groups (broad SMARTS) is 1. The lowest BCUT2D eigenvalue weighted by Crippen LogP contribution is -2.49. The number of carbonyl (C=O) groups is 2. The Morgan fingerprint density at radius 1 is 1.16 bits per heavy atom. The summed E-state index contributed by atoms with van der Waals surface area (Å²) in [5, 5.41) is 9.20. The van der Waals surface area contributed by atoms with E-state index >= 15 is 0 Å². The van der Waals surface area contributed by atoms with Gasteiger partial charge in [-0.1, -0.05) is 5.92 Å². The standard InChI is InChI=1S/C14H20N2O3/c1-2-4-13(17)15-9-6-11(7-10-15)16-8-3-5-12(16)14(18)19/h11-12H,3,5-10H2,1H3,(H,18,19). The van der Waals surface area contributed by atoms with Gasteiger partial charge >= 0.3 is 5.97 Å². The van der Waals surface area contributed by atoms with Gasteiger partial charge in [-0.3, -0.25) is 14.5 Å². The molecule has 104 valence electrons. The second-order valence-electron chi connectivity index (χ2n) is 5.13.